The van der Waals surface area contributed by atoms with Crippen LogP contribution in [-0.4, -0.2) is 35.0 Å². The highest BCUT2D eigenvalue weighted by molar-refractivity contribution is 5.79. The summed E-state index contributed by atoms with van der Waals surface area (Å²) in [5.41, 5.74) is 2.70. The molecule has 28 heavy (non-hydrogen) atoms. The third kappa shape index (κ3) is 4.99. The summed E-state index contributed by atoms with van der Waals surface area (Å²) in [6.07, 6.45) is -1.17. The lowest BCUT2D eigenvalue weighted by Gasteiger charge is -2.18. The number of hydrogen-bond acceptors (Lipinski definition) is 4. The van der Waals surface area contributed by atoms with Gasteiger partial charge in [-0.25, -0.2) is 9.97 Å². The highest BCUT2D eigenvalue weighted by Crippen LogP contribution is 2.27. The molecule has 150 valence electrons. The molecule has 1 aliphatic heterocycles. The van der Waals surface area contributed by atoms with Gasteiger partial charge in [-0.1, -0.05) is 38.1 Å². The number of anilines is 1. The number of aromatic nitrogens is 2. The summed E-state index contributed by atoms with van der Waals surface area (Å²) in [4.78, 5) is 21.0. The van der Waals surface area contributed by atoms with Gasteiger partial charge in [0.1, 0.15) is 0 Å². The van der Waals surface area contributed by atoms with Crippen LogP contribution in [0.2, 0.25) is 0 Å². The molecule has 0 aliphatic carbocycles. The highest BCUT2D eigenvalue weighted by atomic mass is 19.4. The van der Waals surface area contributed by atoms with Crippen LogP contribution in [0.3, 0.4) is 0 Å². The van der Waals surface area contributed by atoms with Crippen molar-refractivity contribution in [3.8, 4) is 0 Å². The summed E-state index contributed by atoms with van der Waals surface area (Å²) in [5, 5.41) is 3.00. The van der Waals surface area contributed by atoms with Crippen LogP contribution in [0.5, 0.6) is 0 Å². The Balaban J connectivity index is 1.52. The van der Waals surface area contributed by atoms with Gasteiger partial charge in [0.25, 0.3) is 0 Å². The molecular weight excluding hydrogens is 369 g/mol. The standard InChI is InChI=1S/C20H23F3N4O/c1-13(2)15-5-3-14(4-6-15)9-18(28)26-16-7-8-27(12-16)17-10-24-19(25-11-17)20(21,22)23/h3-6,10-11,13,16H,7-9,12H2,1-2H3,(H,26,28)/t16-/m1/s1. The number of hydrogen-bond donors (Lipinski definition) is 1. The Morgan fingerprint density at radius 3 is 2.43 bits per heavy atom. The van der Waals surface area contributed by atoms with E-state index < -0.39 is 12.0 Å². The zero-order chi connectivity index (χ0) is 20.3. The third-order valence-corrected chi connectivity index (χ3v) is 4.82. The lowest BCUT2D eigenvalue weighted by molar-refractivity contribution is -0.145. The Bertz CT molecular complexity index is 804. The van der Waals surface area contributed by atoms with Crippen LogP contribution < -0.4 is 10.2 Å². The zero-order valence-electron chi connectivity index (χ0n) is 15.8. The van der Waals surface area contributed by atoms with Crippen LogP contribution >= 0.6 is 0 Å². The van der Waals surface area contributed by atoms with Gasteiger partial charge in [-0.3, -0.25) is 4.79 Å². The number of carbonyl (C=O) groups is 1. The SMILES string of the molecule is CC(C)c1ccc(CC(=O)N[C@@H]2CCN(c3cnc(C(F)(F)F)nc3)C2)cc1. The van der Waals surface area contributed by atoms with Crippen LogP contribution in [-0.2, 0) is 17.4 Å². The molecule has 3 rings (SSSR count). The van der Waals surface area contributed by atoms with E-state index in [4.69, 9.17) is 0 Å². The van der Waals surface area contributed by atoms with Crippen LogP contribution in [0.25, 0.3) is 0 Å². The van der Waals surface area contributed by atoms with Gasteiger partial charge in [-0.05, 0) is 23.5 Å². The molecule has 1 aromatic heterocycles. The van der Waals surface area contributed by atoms with E-state index >= 15 is 0 Å². The molecule has 8 heteroatoms. The minimum atomic E-state index is -4.55. The average molecular weight is 392 g/mol. The summed E-state index contributed by atoms with van der Waals surface area (Å²) in [6.45, 7) is 5.39. The topological polar surface area (TPSA) is 58.1 Å². The minimum absolute atomic E-state index is 0.0512. The van der Waals surface area contributed by atoms with Gasteiger partial charge in [0.2, 0.25) is 11.7 Å². The van der Waals surface area contributed by atoms with Crippen molar-refractivity contribution in [3.05, 3.63) is 53.6 Å². The lowest BCUT2D eigenvalue weighted by Crippen LogP contribution is -2.38. The molecule has 0 saturated carbocycles. The number of alkyl halides is 3. The number of rotatable bonds is 5. The van der Waals surface area contributed by atoms with E-state index in [1.807, 2.05) is 29.2 Å². The molecule has 0 radical (unpaired) electrons. The Hall–Kier alpha value is -2.64. The summed E-state index contributed by atoms with van der Waals surface area (Å²) in [7, 11) is 0. The van der Waals surface area contributed by atoms with E-state index in [2.05, 4.69) is 29.1 Å². The number of carbonyl (C=O) groups excluding carboxylic acids is 1. The summed E-state index contributed by atoms with van der Waals surface area (Å²) < 4.78 is 37.7. The summed E-state index contributed by atoms with van der Waals surface area (Å²) in [5.74, 6) is -0.766. The number of amides is 1. The molecule has 1 amide bonds. The van der Waals surface area contributed by atoms with E-state index in [1.54, 1.807) is 0 Å². The molecule has 2 aromatic rings. The number of nitrogens with one attached hydrogen (secondary N) is 1. The first kappa shape index (κ1) is 20.1. The van der Waals surface area contributed by atoms with Crippen molar-refractivity contribution in [1.82, 2.24) is 15.3 Å². The Morgan fingerprint density at radius 2 is 1.86 bits per heavy atom. The first-order valence-electron chi connectivity index (χ1n) is 9.25. The fourth-order valence-corrected chi connectivity index (χ4v) is 3.23. The summed E-state index contributed by atoms with van der Waals surface area (Å²) >= 11 is 0. The molecule has 0 spiro atoms. The second-order valence-corrected chi connectivity index (χ2v) is 7.33. The molecular formula is C20H23F3N4O. The lowest BCUT2D eigenvalue weighted by atomic mass is 10.0. The predicted octanol–water partition coefficient (Wildman–Crippen LogP) is 3.56. The minimum Gasteiger partial charge on any atom is -0.367 e. The van der Waals surface area contributed by atoms with Crippen LogP contribution in [0.15, 0.2) is 36.7 Å². The number of halogens is 3. The van der Waals surface area contributed by atoms with Crippen molar-refractivity contribution in [2.24, 2.45) is 0 Å². The quantitative estimate of drug-likeness (QED) is 0.845. The van der Waals surface area contributed by atoms with Crippen LogP contribution in [0.1, 0.15) is 43.1 Å². The fraction of sp³-hybridized carbons (Fsp3) is 0.450. The van der Waals surface area contributed by atoms with Crippen molar-refractivity contribution in [2.75, 3.05) is 18.0 Å². The maximum atomic E-state index is 12.6. The Labute approximate surface area is 162 Å². The molecule has 1 saturated heterocycles. The van der Waals surface area contributed by atoms with Crippen molar-refractivity contribution >= 4 is 11.6 Å². The van der Waals surface area contributed by atoms with Crippen molar-refractivity contribution < 1.29 is 18.0 Å². The normalized spacial score (nSPS) is 17.2. The second-order valence-electron chi connectivity index (χ2n) is 7.33. The van der Waals surface area contributed by atoms with Gasteiger partial charge >= 0.3 is 6.18 Å². The van der Waals surface area contributed by atoms with E-state index in [-0.39, 0.29) is 11.9 Å². The van der Waals surface area contributed by atoms with E-state index in [0.717, 1.165) is 12.0 Å². The highest BCUT2D eigenvalue weighted by Gasteiger charge is 2.34. The number of nitrogens with zero attached hydrogens (tertiary/aromatic N) is 3. The molecule has 1 aromatic carbocycles. The molecule has 2 heterocycles. The molecule has 0 unspecified atom stereocenters. The fourth-order valence-electron chi connectivity index (χ4n) is 3.23. The second kappa shape index (κ2) is 8.16. The molecule has 1 N–H and O–H groups in total. The first-order chi connectivity index (χ1) is 13.2. The first-order valence-corrected chi connectivity index (χ1v) is 9.25. The molecule has 1 atom stereocenters. The van der Waals surface area contributed by atoms with E-state index in [9.17, 15) is 18.0 Å². The average Bonchev–Trinajstić information content (AvgIpc) is 3.10. The Kier molecular flexibility index (Phi) is 5.86. The van der Waals surface area contributed by atoms with Crippen molar-refractivity contribution in [3.63, 3.8) is 0 Å². The van der Waals surface area contributed by atoms with E-state index in [0.29, 0.717) is 31.1 Å². The molecule has 0 bridgehead atoms. The zero-order valence-corrected chi connectivity index (χ0v) is 15.8. The third-order valence-electron chi connectivity index (χ3n) is 4.82. The van der Waals surface area contributed by atoms with Gasteiger partial charge in [-0.15, -0.1) is 0 Å². The molecule has 1 aliphatic rings. The van der Waals surface area contributed by atoms with Crippen LogP contribution in [0, 0.1) is 0 Å². The van der Waals surface area contributed by atoms with Crippen LogP contribution in [0.4, 0.5) is 18.9 Å². The van der Waals surface area contributed by atoms with Gasteiger partial charge in [0.15, 0.2) is 0 Å². The molecule has 5 nitrogen and oxygen atoms in total. The predicted molar refractivity (Wildman–Crippen MR) is 100 cm³/mol. The van der Waals surface area contributed by atoms with Gasteiger partial charge in [-0.2, -0.15) is 13.2 Å². The van der Waals surface area contributed by atoms with Gasteiger partial charge in [0, 0.05) is 19.1 Å². The monoisotopic (exact) mass is 392 g/mol. The number of benzene rings is 1. The maximum Gasteiger partial charge on any atom is 0.451 e. The Morgan fingerprint density at radius 1 is 1.21 bits per heavy atom. The molecule has 1 fully saturated rings. The summed E-state index contributed by atoms with van der Waals surface area (Å²) in [6, 6.07) is 7.96. The van der Waals surface area contributed by atoms with E-state index in [1.165, 1.54) is 18.0 Å². The smallest absolute Gasteiger partial charge is 0.367 e. The maximum absolute atomic E-state index is 12.6. The van der Waals surface area contributed by atoms with Gasteiger partial charge in [0.05, 0.1) is 24.5 Å². The van der Waals surface area contributed by atoms with Crippen molar-refractivity contribution in [2.45, 2.75) is 44.8 Å². The van der Waals surface area contributed by atoms with Gasteiger partial charge < -0.3 is 10.2 Å². The largest absolute Gasteiger partial charge is 0.451 e. The van der Waals surface area contributed by atoms with Crippen molar-refractivity contribution in [1.29, 1.82) is 0 Å².